The van der Waals surface area contributed by atoms with Gasteiger partial charge in [-0.05, 0) is 29.2 Å². The van der Waals surface area contributed by atoms with Crippen LogP contribution in [0.4, 0.5) is 5.69 Å². The number of rotatable bonds is 5. The predicted molar refractivity (Wildman–Crippen MR) is 101 cm³/mol. The topological polar surface area (TPSA) is 21.3 Å². The predicted octanol–water partition coefficient (Wildman–Crippen LogP) is 6.44. The summed E-state index contributed by atoms with van der Waals surface area (Å²) in [5, 5.41) is 4.66. The third kappa shape index (κ3) is 4.94. The van der Waals surface area contributed by atoms with Crippen LogP contribution in [0, 0.1) is 0 Å². The van der Waals surface area contributed by atoms with Crippen LogP contribution in [0.3, 0.4) is 0 Å². The van der Waals surface area contributed by atoms with Crippen molar-refractivity contribution in [3.05, 3.63) is 57.0 Å². The number of anilines is 1. The monoisotopic (exact) mass is 371 g/mol. The lowest BCUT2D eigenvalue weighted by Gasteiger charge is -2.22. The van der Waals surface area contributed by atoms with Gasteiger partial charge in [0, 0.05) is 6.54 Å². The molecule has 23 heavy (non-hydrogen) atoms. The molecule has 0 atom stereocenters. The first-order valence-electron chi connectivity index (χ1n) is 7.40. The molecular weight excluding hydrogens is 353 g/mol. The Morgan fingerprint density at radius 2 is 1.61 bits per heavy atom. The lowest BCUT2D eigenvalue weighted by Crippen LogP contribution is -2.16. The highest BCUT2D eigenvalue weighted by Gasteiger charge is 2.18. The molecule has 1 N–H and O–H groups in total. The van der Waals surface area contributed by atoms with E-state index in [-0.39, 0.29) is 5.41 Å². The Balaban J connectivity index is 1.96. The molecule has 5 heteroatoms. The second-order valence-electron chi connectivity index (χ2n) is 6.27. The summed E-state index contributed by atoms with van der Waals surface area (Å²) in [6, 6.07) is 11.4. The SMILES string of the molecule is CC(C)(C)c1ccccc1OCCNc1cc(Cl)c(Cl)cc1Cl. The molecular formula is C18H20Cl3NO. The Kier molecular flexibility index (Phi) is 6.07. The number of nitrogens with one attached hydrogen (secondary N) is 1. The zero-order chi connectivity index (χ0) is 17.0. The molecule has 0 amide bonds. The van der Waals surface area contributed by atoms with E-state index in [0.29, 0.717) is 28.2 Å². The van der Waals surface area contributed by atoms with E-state index in [1.807, 2.05) is 18.2 Å². The molecule has 2 nitrogen and oxygen atoms in total. The smallest absolute Gasteiger partial charge is 0.123 e. The molecule has 124 valence electrons. The van der Waals surface area contributed by atoms with Crippen LogP contribution in [0.1, 0.15) is 26.3 Å². The van der Waals surface area contributed by atoms with Gasteiger partial charge in [0.05, 0.1) is 20.8 Å². The van der Waals surface area contributed by atoms with Gasteiger partial charge in [0.1, 0.15) is 12.4 Å². The van der Waals surface area contributed by atoms with Gasteiger partial charge >= 0.3 is 0 Å². The molecule has 0 aliphatic carbocycles. The molecule has 0 fully saturated rings. The molecule has 0 radical (unpaired) electrons. The number of para-hydroxylation sites is 1. The summed E-state index contributed by atoms with van der Waals surface area (Å²) < 4.78 is 5.91. The first-order valence-corrected chi connectivity index (χ1v) is 8.53. The van der Waals surface area contributed by atoms with Crippen LogP contribution in [0.2, 0.25) is 15.1 Å². The van der Waals surface area contributed by atoms with Gasteiger partial charge in [-0.3, -0.25) is 0 Å². The number of benzene rings is 2. The van der Waals surface area contributed by atoms with Crippen molar-refractivity contribution in [1.82, 2.24) is 0 Å². The standard InChI is InChI=1S/C18H20Cl3NO/c1-18(2,3)12-6-4-5-7-17(12)23-9-8-22-16-11-14(20)13(19)10-15(16)21/h4-7,10-11,22H,8-9H2,1-3H3. The van der Waals surface area contributed by atoms with E-state index in [1.54, 1.807) is 12.1 Å². The van der Waals surface area contributed by atoms with Crippen molar-refractivity contribution in [3.8, 4) is 5.75 Å². The summed E-state index contributed by atoms with van der Waals surface area (Å²) in [5.41, 5.74) is 1.97. The zero-order valence-corrected chi connectivity index (χ0v) is 15.7. The quantitative estimate of drug-likeness (QED) is 0.482. The molecule has 2 rings (SSSR count). The van der Waals surface area contributed by atoms with Gasteiger partial charge in [0.25, 0.3) is 0 Å². The van der Waals surface area contributed by atoms with E-state index in [1.165, 1.54) is 5.56 Å². The molecule has 0 aromatic heterocycles. The minimum atomic E-state index is 0.0387. The van der Waals surface area contributed by atoms with E-state index in [0.717, 1.165) is 11.4 Å². The van der Waals surface area contributed by atoms with Crippen molar-refractivity contribution < 1.29 is 4.74 Å². The molecule has 2 aromatic rings. The first kappa shape index (κ1) is 18.3. The number of hydrogen-bond acceptors (Lipinski definition) is 2. The fourth-order valence-electron chi connectivity index (χ4n) is 2.22. The van der Waals surface area contributed by atoms with Crippen LogP contribution in [0.25, 0.3) is 0 Å². The molecule has 0 saturated carbocycles. The van der Waals surface area contributed by atoms with Crippen LogP contribution in [0.5, 0.6) is 5.75 Å². The summed E-state index contributed by atoms with van der Waals surface area (Å²) in [5.74, 6) is 0.905. The lowest BCUT2D eigenvalue weighted by molar-refractivity contribution is 0.323. The van der Waals surface area contributed by atoms with Crippen LogP contribution < -0.4 is 10.1 Å². The fourth-order valence-corrected chi connectivity index (χ4v) is 2.83. The van der Waals surface area contributed by atoms with Gasteiger partial charge in [-0.15, -0.1) is 0 Å². The van der Waals surface area contributed by atoms with Crippen molar-refractivity contribution in [2.24, 2.45) is 0 Å². The Morgan fingerprint density at radius 1 is 0.957 bits per heavy atom. The minimum absolute atomic E-state index is 0.0387. The normalized spacial score (nSPS) is 11.4. The maximum Gasteiger partial charge on any atom is 0.123 e. The summed E-state index contributed by atoms with van der Waals surface area (Å²) in [7, 11) is 0. The Labute approximate surface area is 152 Å². The Morgan fingerprint density at radius 3 is 2.30 bits per heavy atom. The largest absolute Gasteiger partial charge is 0.491 e. The molecule has 2 aromatic carbocycles. The summed E-state index contributed by atoms with van der Waals surface area (Å²) >= 11 is 18.1. The van der Waals surface area contributed by atoms with Crippen molar-refractivity contribution in [1.29, 1.82) is 0 Å². The average molecular weight is 373 g/mol. The van der Waals surface area contributed by atoms with Crippen molar-refractivity contribution in [2.75, 3.05) is 18.5 Å². The summed E-state index contributed by atoms with van der Waals surface area (Å²) in [6.45, 7) is 7.63. The van der Waals surface area contributed by atoms with Gasteiger partial charge in [0.2, 0.25) is 0 Å². The van der Waals surface area contributed by atoms with Crippen LogP contribution in [-0.2, 0) is 5.41 Å². The maximum absolute atomic E-state index is 6.14. The van der Waals surface area contributed by atoms with Gasteiger partial charge in [0.15, 0.2) is 0 Å². The van der Waals surface area contributed by atoms with E-state index in [9.17, 15) is 0 Å². The second-order valence-corrected chi connectivity index (χ2v) is 7.49. The van der Waals surface area contributed by atoms with Crippen molar-refractivity contribution >= 4 is 40.5 Å². The van der Waals surface area contributed by atoms with Gasteiger partial charge in [-0.1, -0.05) is 73.8 Å². The molecule has 0 bridgehead atoms. The Hall–Kier alpha value is -1.09. The highest BCUT2D eigenvalue weighted by atomic mass is 35.5. The average Bonchev–Trinajstić information content (AvgIpc) is 2.48. The molecule has 0 saturated heterocycles. The van der Waals surface area contributed by atoms with Crippen LogP contribution in [-0.4, -0.2) is 13.2 Å². The molecule has 0 aliphatic rings. The van der Waals surface area contributed by atoms with Gasteiger partial charge < -0.3 is 10.1 Å². The number of ether oxygens (including phenoxy) is 1. The van der Waals surface area contributed by atoms with Crippen LogP contribution in [0.15, 0.2) is 36.4 Å². The Bertz CT molecular complexity index is 680. The second kappa shape index (κ2) is 7.65. The molecule has 0 unspecified atom stereocenters. The van der Waals surface area contributed by atoms with E-state index >= 15 is 0 Å². The first-order chi connectivity index (χ1) is 10.8. The molecule has 0 spiro atoms. The third-order valence-electron chi connectivity index (χ3n) is 3.38. The fraction of sp³-hybridized carbons (Fsp3) is 0.333. The van der Waals surface area contributed by atoms with E-state index in [2.05, 4.69) is 32.2 Å². The van der Waals surface area contributed by atoms with Gasteiger partial charge in [-0.25, -0.2) is 0 Å². The molecule has 0 heterocycles. The summed E-state index contributed by atoms with van der Waals surface area (Å²) in [6.07, 6.45) is 0. The number of hydrogen-bond donors (Lipinski definition) is 1. The van der Waals surface area contributed by atoms with Crippen LogP contribution >= 0.6 is 34.8 Å². The summed E-state index contributed by atoms with van der Waals surface area (Å²) in [4.78, 5) is 0. The lowest BCUT2D eigenvalue weighted by atomic mass is 9.86. The third-order valence-corrected chi connectivity index (χ3v) is 4.41. The van der Waals surface area contributed by atoms with E-state index in [4.69, 9.17) is 39.5 Å². The highest BCUT2D eigenvalue weighted by Crippen LogP contribution is 2.33. The van der Waals surface area contributed by atoms with E-state index < -0.39 is 0 Å². The van der Waals surface area contributed by atoms with Crippen molar-refractivity contribution in [3.63, 3.8) is 0 Å². The minimum Gasteiger partial charge on any atom is -0.491 e. The van der Waals surface area contributed by atoms with Gasteiger partial charge in [-0.2, -0.15) is 0 Å². The number of halogens is 3. The van der Waals surface area contributed by atoms with Crippen molar-refractivity contribution in [2.45, 2.75) is 26.2 Å². The zero-order valence-electron chi connectivity index (χ0n) is 13.4. The molecule has 0 aliphatic heterocycles. The maximum atomic E-state index is 6.14. The highest BCUT2D eigenvalue weighted by molar-refractivity contribution is 6.44.